The molecular weight excluding hydrogens is 394 g/mol. The number of ether oxygens (including phenoxy) is 3. The molecule has 1 aliphatic rings. The maximum absolute atomic E-state index is 10.0. The van der Waals surface area contributed by atoms with Gasteiger partial charge in [-0.25, -0.2) is 0 Å². The van der Waals surface area contributed by atoms with Crippen LogP contribution in [-0.2, 0) is 4.74 Å². The first-order valence-electron chi connectivity index (χ1n) is 9.93. The Balaban J connectivity index is 1.86. The number of nitriles is 1. The molecule has 31 heavy (non-hydrogen) atoms. The highest BCUT2D eigenvalue weighted by molar-refractivity contribution is 5.89. The molecule has 3 aromatic rings. The van der Waals surface area contributed by atoms with E-state index >= 15 is 0 Å². The summed E-state index contributed by atoms with van der Waals surface area (Å²) >= 11 is 0. The second kappa shape index (κ2) is 9.32. The lowest BCUT2D eigenvalue weighted by molar-refractivity contribution is 0.122. The summed E-state index contributed by atoms with van der Waals surface area (Å²) in [7, 11) is 3.15. The first kappa shape index (κ1) is 20.4. The van der Waals surface area contributed by atoms with Gasteiger partial charge in [0.05, 0.1) is 38.7 Å². The predicted octanol–water partition coefficient (Wildman–Crippen LogP) is 3.19. The van der Waals surface area contributed by atoms with Crippen LogP contribution >= 0.6 is 0 Å². The van der Waals surface area contributed by atoms with E-state index in [9.17, 15) is 5.26 Å². The Kier molecular flexibility index (Phi) is 6.15. The van der Waals surface area contributed by atoms with Crippen LogP contribution in [-0.4, -0.2) is 55.3 Å². The second-order valence-corrected chi connectivity index (χ2v) is 6.85. The van der Waals surface area contributed by atoms with E-state index in [-0.39, 0.29) is 0 Å². The molecule has 0 amide bonds. The van der Waals surface area contributed by atoms with E-state index in [1.54, 1.807) is 20.3 Å². The molecule has 0 atom stereocenters. The molecular formula is C23H23N5O3. The molecule has 4 rings (SSSR count). The third-order valence-electron chi connectivity index (χ3n) is 5.05. The molecule has 1 aliphatic heterocycles. The van der Waals surface area contributed by atoms with Crippen LogP contribution in [0.4, 0.5) is 5.95 Å². The van der Waals surface area contributed by atoms with Crippen molar-refractivity contribution in [2.45, 2.75) is 0 Å². The Morgan fingerprint density at radius 2 is 1.81 bits per heavy atom. The van der Waals surface area contributed by atoms with Crippen LogP contribution in [0.1, 0.15) is 11.4 Å². The van der Waals surface area contributed by atoms with Crippen molar-refractivity contribution in [3.8, 4) is 23.3 Å². The second-order valence-electron chi connectivity index (χ2n) is 6.85. The molecule has 0 N–H and O–H groups in total. The summed E-state index contributed by atoms with van der Waals surface area (Å²) in [5.74, 6) is 2.28. The molecule has 2 heterocycles. The van der Waals surface area contributed by atoms with Crippen LogP contribution in [0.15, 0.2) is 48.5 Å². The standard InChI is InChI=1S/C23H23N5O3/c1-29-20-10-6-7-17(21(20)30-2)15-18(16-24)22-25-26-23(27-11-13-31-14-12-27)28(22)19-8-4-3-5-9-19/h3-10,15H,11-14H2,1-2H3. The quantitative estimate of drug-likeness (QED) is 0.570. The van der Waals surface area contributed by atoms with E-state index in [4.69, 9.17) is 14.2 Å². The van der Waals surface area contributed by atoms with Crippen LogP contribution in [0.5, 0.6) is 11.5 Å². The van der Waals surface area contributed by atoms with Crippen molar-refractivity contribution in [1.82, 2.24) is 14.8 Å². The molecule has 0 bridgehead atoms. The van der Waals surface area contributed by atoms with Gasteiger partial charge in [0, 0.05) is 18.7 Å². The Bertz CT molecular complexity index is 1110. The zero-order valence-electron chi connectivity index (χ0n) is 17.5. The van der Waals surface area contributed by atoms with Gasteiger partial charge in [0.15, 0.2) is 17.3 Å². The van der Waals surface area contributed by atoms with Crippen molar-refractivity contribution in [2.75, 3.05) is 45.4 Å². The molecule has 1 saturated heterocycles. The van der Waals surface area contributed by atoms with Crippen molar-refractivity contribution in [3.05, 3.63) is 59.9 Å². The Hall–Kier alpha value is -3.83. The van der Waals surface area contributed by atoms with Gasteiger partial charge in [-0.2, -0.15) is 5.26 Å². The molecule has 0 aliphatic carbocycles. The molecule has 8 nitrogen and oxygen atoms in total. The molecule has 158 valence electrons. The summed E-state index contributed by atoms with van der Waals surface area (Å²) in [6.07, 6.45) is 1.74. The van der Waals surface area contributed by atoms with Crippen LogP contribution in [0, 0.1) is 11.3 Å². The molecule has 1 aromatic heterocycles. The van der Waals surface area contributed by atoms with Gasteiger partial charge < -0.3 is 19.1 Å². The monoisotopic (exact) mass is 417 g/mol. The lowest BCUT2D eigenvalue weighted by Crippen LogP contribution is -2.38. The van der Waals surface area contributed by atoms with Gasteiger partial charge in [-0.15, -0.1) is 10.2 Å². The van der Waals surface area contributed by atoms with Crippen LogP contribution in [0.2, 0.25) is 0 Å². The lowest BCUT2D eigenvalue weighted by atomic mass is 10.1. The van der Waals surface area contributed by atoms with E-state index in [0.717, 1.165) is 5.69 Å². The summed E-state index contributed by atoms with van der Waals surface area (Å²) in [5, 5.41) is 18.9. The number of anilines is 1. The van der Waals surface area contributed by atoms with E-state index in [1.807, 2.05) is 53.1 Å². The van der Waals surface area contributed by atoms with Crippen molar-refractivity contribution in [1.29, 1.82) is 5.26 Å². The van der Waals surface area contributed by atoms with Gasteiger partial charge in [0.2, 0.25) is 5.95 Å². The minimum absolute atomic E-state index is 0.363. The summed E-state index contributed by atoms with van der Waals surface area (Å²) < 4.78 is 18.3. The highest BCUT2D eigenvalue weighted by Gasteiger charge is 2.23. The van der Waals surface area contributed by atoms with Crippen LogP contribution in [0.3, 0.4) is 0 Å². The highest BCUT2D eigenvalue weighted by atomic mass is 16.5. The third kappa shape index (κ3) is 4.09. The van der Waals surface area contributed by atoms with Crippen LogP contribution < -0.4 is 14.4 Å². The van der Waals surface area contributed by atoms with Crippen LogP contribution in [0.25, 0.3) is 17.3 Å². The molecule has 0 radical (unpaired) electrons. The number of nitrogens with zero attached hydrogens (tertiary/aromatic N) is 5. The fraction of sp³-hybridized carbons (Fsp3) is 0.261. The van der Waals surface area contributed by atoms with Crippen molar-refractivity contribution in [3.63, 3.8) is 0 Å². The number of hydrogen-bond donors (Lipinski definition) is 0. The van der Waals surface area contributed by atoms with Crippen molar-refractivity contribution < 1.29 is 14.2 Å². The Morgan fingerprint density at radius 1 is 1.03 bits per heavy atom. The number of morpholine rings is 1. The zero-order valence-corrected chi connectivity index (χ0v) is 17.5. The average Bonchev–Trinajstić information content (AvgIpc) is 3.28. The fourth-order valence-corrected chi connectivity index (χ4v) is 3.56. The van der Waals surface area contributed by atoms with Gasteiger partial charge in [0.1, 0.15) is 6.07 Å². The largest absolute Gasteiger partial charge is 0.493 e. The molecule has 0 spiro atoms. The van der Waals surface area contributed by atoms with Gasteiger partial charge in [0.25, 0.3) is 0 Å². The number of methoxy groups -OCH3 is 2. The summed E-state index contributed by atoms with van der Waals surface area (Å²) in [6.45, 7) is 2.67. The molecule has 1 fully saturated rings. The van der Waals surface area contributed by atoms with Gasteiger partial charge in [-0.05, 0) is 24.3 Å². The maximum atomic E-state index is 10.0. The van der Waals surface area contributed by atoms with E-state index in [0.29, 0.717) is 60.7 Å². The Labute approximate surface area is 180 Å². The zero-order chi connectivity index (χ0) is 21.6. The fourth-order valence-electron chi connectivity index (χ4n) is 3.56. The smallest absolute Gasteiger partial charge is 0.232 e. The van der Waals surface area contributed by atoms with E-state index in [2.05, 4.69) is 21.2 Å². The van der Waals surface area contributed by atoms with Gasteiger partial charge in [-0.3, -0.25) is 4.57 Å². The molecule has 0 unspecified atom stereocenters. The Morgan fingerprint density at radius 3 is 2.48 bits per heavy atom. The van der Waals surface area contributed by atoms with Gasteiger partial charge >= 0.3 is 0 Å². The lowest BCUT2D eigenvalue weighted by Gasteiger charge is -2.28. The number of rotatable bonds is 6. The first-order valence-corrected chi connectivity index (χ1v) is 9.93. The maximum Gasteiger partial charge on any atom is 0.232 e. The number of allylic oxidation sites excluding steroid dienone is 1. The van der Waals surface area contributed by atoms with E-state index in [1.165, 1.54) is 0 Å². The molecule has 8 heteroatoms. The summed E-state index contributed by atoms with van der Waals surface area (Å²) in [5.41, 5.74) is 1.96. The number of benzene rings is 2. The molecule has 0 saturated carbocycles. The van der Waals surface area contributed by atoms with Gasteiger partial charge in [-0.1, -0.05) is 30.3 Å². The number of hydrogen-bond acceptors (Lipinski definition) is 7. The molecule has 2 aromatic carbocycles. The predicted molar refractivity (Wildman–Crippen MR) is 117 cm³/mol. The summed E-state index contributed by atoms with van der Waals surface area (Å²) in [6, 6.07) is 17.6. The highest BCUT2D eigenvalue weighted by Crippen LogP contribution is 2.34. The number of para-hydroxylation sites is 2. The van der Waals surface area contributed by atoms with Crippen molar-refractivity contribution >= 4 is 17.6 Å². The topological polar surface area (TPSA) is 85.4 Å². The average molecular weight is 417 g/mol. The minimum atomic E-state index is 0.363. The minimum Gasteiger partial charge on any atom is -0.493 e. The first-order chi connectivity index (χ1) is 15.3. The SMILES string of the molecule is COc1cccc(C=C(C#N)c2nnc(N3CCOCC3)n2-c2ccccc2)c1OC. The third-order valence-corrected chi connectivity index (χ3v) is 5.05. The van der Waals surface area contributed by atoms with E-state index < -0.39 is 0 Å². The number of aromatic nitrogens is 3. The normalized spacial score (nSPS) is 14.2. The summed E-state index contributed by atoms with van der Waals surface area (Å²) in [4.78, 5) is 2.12. The van der Waals surface area contributed by atoms with Crippen molar-refractivity contribution in [2.24, 2.45) is 0 Å².